The first-order valence-electron chi connectivity index (χ1n) is 11.0. The average molecular weight is 524 g/mol. The molecule has 1 heterocycles. The van der Waals surface area contributed by atoms with Crippen molar-refractivity contribution in [1.82, 2.24) is 9.88 Å². The SMILES string of the molecule is CCN(CC)CCN(C(=O)c1cccc(Oc2ccccc2)c1)c1nc2ccc(Br)cc2s1. The van der Waals surface area contributed by atoms with Gasteiger partial charge in [-0.1, -0.05) is 65.4 Å². The van der Waals surface area contributed by atoms with Crippen LogP contribution in [-0.4, -0.2) is 42.0 Å². The second-order valence-electron chi connectivity index (χ2n) is 7.54. The molecule has 0 saturated heterocycles. The number of hydrogen-bond donors (Lipinski definition) is 0. The molecule has 0 aliphatic carbocycles. The van der Waals surface area contributed by atoms with Gasteiger partial charge in [0.1, 0.15) is 11.5 Å². The zero-order valence-electron chi connectivity index (χ0n) is 18.7. The molecule has 0 radical (unpaired) electrons. The van der Waals surface area contributed by atoms with Gasteiger partial charge in [0.15, 0.2) is 5.13 Å². The van der Waals surface area contributed by atoms with E-state index in [4.69, 9.17) is 9.72 Å². The molecule has 0 atom stereocenters. The molecular weight excluding hydrogens is 498 g/mol. The predicted molar refractivity (Wildman–Crippen MR) is 140 cm³/mol. The van der Waals surface area contributed by atoms with E-state index in [1.807, 2.05) is 66.7 Å². The van der Waals surface area contributed by atoms with Crippen LogP contribution < -0.4 is 9.64 Å². The maximum atomic E-state index is 13.7. The van der Waals surface area contributed by atoms with Crippen molar-refractivity contribution in [2.45, 2.75) is 13.8 Å². The number of aromatic nitrogens is 1. The summed E-state index contributed by atoms with van der Waals surface area (Å²) in [5.41, 5.74) is 1.46. The third-order valence-electron chi connectivity index (χ3n) is 5.41. The molecule has 0 spiro atoms. The Bertz CT molecular complexity index is 1220. The van der Waals surface area contributed by atoms with Crippen LogP contribution in [0.2, 0.25) is 0 Å². The number of hydrogen-bond acceptors (Lipinski definition) is 5. The van der Waals surface area contributed by atoms with Crippen LogP contribution in [0.25, 0.3) is 10.2 Å². The summed E-state index contributed by atoms with van der Waals surface area (Å²) in [4.78, 5) is 22.6. The molecule has 3 aromatic carbocycles. The lowest BCUT2D eigenvalue weighted by atomic mass is 10.2. The smallest absolute Gasteiger partial charge is 0.260 e. The standard InChI is InChI=1S/C26H26BrN3O2S/c1-3-29(4-2)15-16-30(26-28-23-14-13-20(27)18-24(23)33-26)25(31)19-9-8-12-22(17-19)32-21-10-6-5-7-11-21/h5-14,17-18H,3-4,15-16H2,1-2H3. The highest BCUT2D eigenvalue weighted by Gasteiger charge is 2.22. The second-order valence-corrected chi connectivity index (χ2v) is 9.46. The summed E-state index contributed by atoms with van der Waals surface area (Å²) in [7, 11) is 0. The molecular formula is C26H26BrN3O2S. The van der Waals surface area contributed by atoms with Gasteiger partial charge in [0.2, 0.25) is 0 Å². The summed E-state index contributed by atoms with van der Waals surface area (Å²) in [6, 6.07) is 22.9. The first-order valence-corrected chi connectivity index (χ1v) is 12.6. The Morgan fingerprint density at radius 1 is 0.939 bits per heavy atom. The normalized spacial score (nSPS) is 11.2. The van der Waals surface area contributed by atoms with E-state index in [0.717, 1.165) is 40.1 Å². The van der Waals surface area contributed by atoms with Crippen molar-refractivity contribution >= 4 is 48.5 Å². The van der Waals surface area contributed by atoms with Crippen LogP contribution in [0.1, 0.15) is 24.2 Å². The fraction of sp³-hybridized carbons (Fsp3) is 0.231. The summed E-state index contributed by atoms with van der Waals surface area (Å²) >= 11 is 5.06. The molecule has 1 aromatic heterocycles. The third kappa shape index (κ3) is 5.79. The number of nitrogens with zero attached hydrogens (tertiary/aromatic N) is 3. The van der Waals surface area contributed by atoms with E-state index in [9.17, 15) is 4.79 Å². The van der Waals surface area contributed by atoms with Gasteiger partial charge in [0.05, 0.1) is 10.2 Å². The van der Waals surface area contributed by atoms with Crippen LogP contribution in [0.4, 0.5) is 5.13 Å². The number of rotatable bonds is 9. The largest absolute Gasteiger partial charge is 0.457 e. The third-order valence-corrected chi connectivity index (χ3v) is 6.94. The van der Waals surface area contributed by atoms with Gasteiger partial charge in [-0.15, -0.1) is 0 Å². The second kappa shape index (κ2) is 10.9. The highest BCUT2D eigenvalue weighted by molar-refractivity contribution is 9.10. The van der Waals surface area contributed by atoms with E-state index in [-0.39, 0.29) is 5.91 Å². The Hall–Kier alpha value is -2.74. The van der Waals surface area contributed by atoms with Crippen molar-refractivity contribution in [2.24, 2.45) is 0 Å². The van der Waals surface area contributed by atoms with Crippen LogP contribution in [-0.2, 0) is 0 Å². The van der Waals surface area contributed by atoms with Crippen LogP contribution in [0.15, 0.2) is 77.3 Å². The number of carbonyl (C=O) groups excluding carboxylic acids is 1. The minimum absolute atomic E-state index is 0.0845. The molecule has 4 aromatic rings. The van der Waals surface area contributed by atoms with Gasteiger partial charge in [-0.3, -0.25) is 9.69 Å². The number of fused-ring (bicyclic) bond motifs is 1. The van der Waals surface area contributed by atoms with Gasteiger partial charge in [-0.25, -0.2) is 4.98 Å². The maximum absolute atomic E-state index is 13.7. The van der Waals surface area contributed by atoms with E-state index in [1.165, 1.54) is 11.3 Å². The number of likely N-dealkylation sites (N-methyl/N-ethyl adjacent to an activating group) is 1. The summed E-state index contributed by atoms with van der Waals surface area (Å²) in [5.74, 6) is 1.28. The van der Waals surface area contributed by atoms with Crippen LogP contribution >= 0.6 is 27.3 Å². The molecule has 0 saturated carbocycles. The molecule has 0 unspecified atom stereocenters. The van der Waals surface area contributed by atoms with Gasteiger partial charge in [-0.05, 0) is 61.6 Å². The molecule has 0 fully saturated rings. The molecule has 0 aliphatic heterocycles. The fourth-order valence-corrected chi connectivity index (χ4v) is 5.08. The minimum Gasteiger partial charge on any atom is -0.457 e. The fourth-order valence-electron chi connectivity index (χ4n) is 3.54. The highest BCUT2D eigenvalue weighted by Crippen LogP contribution is 2.32. The molecule has 0 bridgehead atoms. The molecule has 7 heteroatoms. The average Bonchev–Trinajstić information content (AvgIpc) is 3.25. The quantitative estimate of drug-likeness (QED) is 0.241. The Morgan fingerprint density at radius 2 is 1.70 bits per heavy atom. The van der Waals surface area contributed by atoms with Gasteiger partial charge in [0.25, 0.3) is 5.91 Å². The highest BCUT2D eigenvalue weighted by atomic mass is 79.9. The van der Waals surface area contributed by atoms with Crippen LogP contribution in [0.3, 0.4) is 0 Å². The molecule has 0 aliphatic rings. The van der Waals surface area contributed by atoms with Crippen LogP contribution in [0, 0.1) is 0 Å². The van der Waals surface area contributed by atoms with Crippen molar-refractivity contribution in [2.75, 3.05) is 31.1 Å². The van der Waals surface area contributed by atoms with Gasteiger partial charge >= 0.3 is 0 Å². The molecule has 0 N–H and O–H groups in total. The Morgan fingerprint density at radius 3 is 2.45 bits per heavy atom. The zero-order valence-corrected chi connectivity index (χ0v) is 21.1. The van der Waals surface area contributed by atoms with Gasteiger partial charge in [-0.2, -0.15) is 0 Å². The van der Waals surface area contributed by atoms with Crippen LogP contribution in [0.5, 0.6) is 11.5 Å². The molecule has 4 rings (SSSR count). The first-order chi connectivity index (χ1) is 16.1. The lowest BCUT2D eigenvalue weighted by Crippen LogP contribution is -2.38. The van der Waals surface area contributed by atoms with E-state index in [0.29, 0.717) is 23.0 Å². The number of thiazole rings is 1. The lowest BCUT2D eigenvalue weighted by molar-refractivity contribution is 0.0983. The molecule has 33 heavy (non-hydrogen) atoms. The number of ether oxygens (including phenoxy) is 1. The number of anilines is 1. The number of benzene rings is 3. The summed E-state index contributed by atoms with van der Waals surface area (Å²) in [6.07, 6.45) is 0. The van der Waals surface area contributed by atoms with E-state index >= 15 is 0 Å². The van der Waals surface area contributed by atoms with Crippen molar-refractivity contribution in [3.63, 3.8) is 0 Å². The number of carbonyl (C=O) groups is 1. The lowest BCUT2D eigenvalue weighted by Gasteiger charge is -2.25. The summed E-state index contributed by atoms with van der Waals surface area (Å²) in [6.45, 7) is 7.48. The van der Waals surface area contributed by atoms with Crippen molar-refractivity contribution in [3.05, 3.63) is 82.8 Å². The number of para-hydroxylation sites is 1. The first kappa shape index (κ1) is 23.4. The van der Waals surface area contributed by atoms with Crippen molar-refractivity contribution in [1.29, 1.82) is 0 Å². The summed E-state index contributed by atoms with van der Waals surface area (Å²) in [5, 5.41) is 0.703. The Labute approximate surface area is 206 Å². The molecule has 1 amide bonds. The minimum atomic E-state index is -0.0845. The maximum Gasteiger partial charge on any atom is 0.260 e. The molecule has 170 valence electrons. The number of halogens is 1. The Kier molecular flexibility index (Phi) is 7.75. The van der Waals surface area contributed by atoms with E-state index in [2.05, 4.69) is 34.7 Å². The molecule has 5 nitrogen and oxygen atoms in total. The predicted octanol–water partition coefficient (Wildman–Crippen LogP) is 6.84. The Balaban J connectivity index is 1.64. The van der Waals surface area contributed by atoms with Gasteiger partial charge < -0.3 is 9.64 Å². The van der Waals surface area contributed by atoms with E-state index < -0.39 is 0 Å². The topological polar surface area (TPSA) is 45.7 Å². The number of amides is 1. The van der Waals surface area contributed by atoms with Crippen molar-refractivity contribution in [3.8, 4) is 11.5 Å². The van der Waals surface area contributed by atoms with Crippen molar-refractivity contribution < 1.29 is 9.53 Å². The zero-order chi connectivity index (χ0) is 23.2. The monoisotopic (exact) mass is 523 g/mol. The van der Waals surface area contributed by atoms with Gasteiger partial charge in [0, 0.05) is 23.1 Å². The van der Waals surface area contributed by atoms with E-state index in [1.54, 1.807) is 11.0 Å². The summed E-state index contributed by atoms with van der Waals surface area (Å²) < 4.78 is 7.99.